The van der Waals surface area contributed by atoms with Gasteiger partial charge in [-0.3, -0.25) is 9.59 Å². The molecular formula is C22H21N3O5. The Labute approximate surface area is 173 Å². The lowest BCUT2D eigenvalue weighted by Gasteiger charge is -2.12. The molecule has 1 aromatic heterocycles. The molecule has 0 radical (unpaired) electrons. The second kappa shape index (κ2) is 9.51. The van der Waals surface area contributed by atoms with Crippen LogP contribution in [0.25, 0.3) is 5.69 Å². The average molecular weight is 407 g/mol. The first-order valence-corrected chi connectivity index (χ1v) is 9.34. The average Bonchev–Trinajstić information content (AvgIpc) is 2.73. The van der Waals surface area contributed by atoms with Gasteiger partial charge >= 0.3 is 5.97 Å². The lowest BCUT2D eigenvalue weighted by Crippen LogP contribution is -2.27. The molecule has 8 heteroatoms. The highest BCUT2D eigenvalue weighted by molar-refractivity contribution is 5.93. The summed E-state index contributed by atoms with van der Waals surface area (Å²) in [7, 11) is 0. The first-order valence-electron chi connectivity index (χ1n) is 9.34. The van der Waals surface area contributed by atoms with Gasteiger partial charge in [-0.2, -0.15) is 9.78 Å². The fourth-order valence-corrected chi connectivity index (χ4v) is 2.71. The molecule has 0 unspecified atom stereocenters. The summed E-state index contributed by atoms with van der Waals surface area (Å²) in [5.41, 5.74) is 1.39. The number of benzene rings is 2. The van der Waals surface area contributed by atoms with E-state index in [0.29, 0.717) is 11.4 Å². The van der Waals surface area contributed by atoms with E-state index < -0.39 is 24.0 Å². The van der Waals surface area contributed by atoms with E-state index in [-0.39, 0.29) is 18.1 Å². The Morgan fingerprint density at radius 2 is 1.83 bits per heavy atom. The maximum absolute atomic E-state index is 12.5. The Hall–Kier alpha value is -3.94. The molecule has 1 heterocycles. The number of aryl methyl sites for hydroxylation is 1. The standard InChI is InChI=1S/C22H21N3O5/c1-3-29-22(28)21-18(13-20(27)25(24-21)17-10-5-4-6-11-17)30-14-19(26)23-16-9-7-8-15(2)12-16/h4-13H,3,14H2,1-2H3,(H,23,26). The van der Waals surface area contributed by atoms with Crippen molar-refractivity contribution in [2.75, 3.05) is 18.5 Å². The van der Waals surface area contributed by atoms with Gasteiger partial charge in [0.25, 0.3) is 11.5 Å². The van der Waals surface area contributed by atoms with Crippen molar-refractivity contribution in [1.82, 2.24) is 9.78 Å². The highest BCUT2D eigenvalue weighted by Crippen LogP contribution is 2.17. The molecule has 0 spiro atoms. The molecule has 1 N–H and O–H groups in total. The van der Waals surface area contributed by atoms with E-state index in [1.807, 2.05) is 25.1 Å². The van der Waals surface area contributed by atoms with Crippen molar-refractivity contribution >= 4 is 17.6 Å². The summed E-state index contributed by atoms with van der Waals surface area (Å²) in [5, 5.41) is 6.80. The number of para-hydroxylation sites is 1. The second-order valence-corrected chi connectivity index (χ2v) is 6.37. The topological polar surface area (TPSA) is 99.5 Å². The van der Waals surface area contributed by atoms with Crippen LogP contribution in [0.5, 0.6) is 5.75 Å². The molecule has 0 saturated heterocycles. The van der Waals surface area contributed by atoms with Gasteiger partial charge in [-0.15, -0.1) is 0 Å². The Morgan fingerprint density at radius 3 is 2.53 bits per heavy atom. The monoisotopic (exact) mass is 407 g/mol. The first kappa shape index (κ1) is 20.8. The SMILES string of the molecule is CCOC(=O)c1nn(-c2ccccc2)c(=O)cc1OCC(=O)Nc1cccc(C)c1. The summed E-state index contributed by atoms with van der Waals surface area (Å²) in [6, 6.07) is 17.0. The molecule has 154 valence electrons. The van der Waals surface area contributed by atoms with Crippen molar-refractivity contribution < 1.29 is 19.1 Å². The van der Waals surface area contributed by atoms with Crippen LogP contribution in [0.2, 0.25) is 0 Å². The van der Waals surface area contributed by atoms with Gasteiger partial charge in [0, 0.05) is 5.69 Å². The Bertz CT molecular complexity index is 1110. The van der Waals surface area contributed by atoms with E-state index >= 15 is 0 Å². The molecule has 1 amide bonds. The molecule has 3 rings (SSSR count). The highest BCUT2D eigenvalue weighted by Gasteiger charge is 2.20. The van der Waals surface area contributed by atoms with Gasteiger partial charge in [0.15, 0.2) is 12.4 Å². The third kappa shape index (κ3) is 5.11. The van der Waals surface area contributed by atoms with Gasteiger partial charge in [0.1, 0.15) is 0 Å². The number of ether oxygens (including phenoxy) is 2. The van der Waals surface area contributed by atoms with Crippen LogP contribution in [0.3, 0.4) is 0 Å². The number of anilines is 1. The van der Waals surface area contributed by atoms with Gasteiger partial charge < -0.3 is 14.8 Å². The number of aromatic nitrogens is 2. The van der Waals surface area contributed by atoms with Crippen LogP contribution in [-0.2, 0) is 9.53 Å². The van der Waals surface area contributed by atoms with E-state index in [1.165, 1.54) is 0 Å². The molecule has 8 nitrogen and oxygen atoms in total. The molecule has 30 heavy (non-hydrogen) atoms. The minimum Gasteiger partial charge on any atom is -0.481 e. The van der Waals surface area contributed by atoms with E-state index in [4.69, 9.17) is 9.47 Å². The summed E-state index contributed by atoms with van der Waals surface area (Å²) in [6.45, 7) is 3.28. The zero-order valence-electron chi connectivity index (χ0n) is 16.6. The van der Waals surface area contributed by atoms with Crippen LogP contribution < -0.4 is 15.6 Å². The van der Waals surface area contributed by atoms with Crippen LogP contribution in [0.4, 0.5) is 5.69 Å². The maximum Gasteiger partial charge on any atom is 0.362 e. The van der Waals surface area contributed by atoms with Crippen molar-refractivity contribution in [3.8, 4) is 11.4 Å². The lowest BCUT2D eigenvalue weighted by molar-refractivity contribution is -0.118. The van der Waals surface area contributed by atoms with Crippen LogP contribution in [0.15, 0.2) is 65.5 Å². The molecule has 0 fully saturated rings. The van der Waals surface area contributed by atoms with Gasteiger partial charge in [-0.1, -0.05) is 30.3 Å². The van der Waals surface area contributed by atoms with Crippen LogP contribution >= 0.6 is 0 Å². The Kier molecular flexibility index (Phi) is 6.59. The van der Waals surface area contributed by atoms with Crippen LogP contribution in [-0.4, -0.2) is 34.9 Å². The van der Waals surface area contributed by atoms with Gasteiger partial charge in [0.2, 0.25) is 5.69 Å². The fraction of sp³-hybridized carbons (Fsp3) is 0.182. The number of rotatable bonds is 7. The van der Waals surface area contributed by atoms with Crippen LogP contribution in [0.1, 0.15) is 23.0 Å². The van der Waals surface area contributed by atoms with E-state index in [2.05, 4.69) is 10.4 Å². The smallest absolute Gasteiger partial charge is 0.362 e. The Balaban J connectivity index is 1.84. The van der Waals surface area contributed by atoms with Gasteiger partial charge in [0.05, 0.1) is 18.4 Å². The lowest BCUT2D eigenvalue weighted by atomic mass is 10.2. The van der Waals surface area contributed by atoms with Crippen molar-refractivity contribution in [1.29, 1.82) is 0 Å². The first-order chi connectivity index (χ1) is 14.5. The number of carbonyl (C=O) groups excluding carboxylic acids is 2. The Morgan fingerprint density at radius 1 is 1.07 bits per heavy atom. The molecule has 2 aromatic carbocycles. The fourth-order valence-electron chi connectivity index (χ4n) is 2.71. The number of hydrogen-bond acceptors (Lipinski definition) is 6. The third-order valence-corrected chi connectivity index (χ3v) is 4.03. The maximum atomic E-state index is 12.5. The molecule has 0 atom stereocenters. The molecule has 0 aliphatic rings. The number of nitrogens with zero attached hydrogens (tertiary/aromatic N) is 2. The zero-order chi connectivity index (χ0) is 21.5. The molecule has 3 aromatic rings. The predicted molar refractivity (Wildman–Crippen MR) is 111 cm³/mol. The van der Waals surface area contributed by atoms with Gasteiger partial charge in [-0.25, -0.2) is 4.79 Å². The third-order valence-electron chi connectivity index (χ3n) is 4.03. The molecule has 0 aliphatic heterocycles. The molecule has 0 saturated carbocycles. The number of carbonyl (C=O) groups is 2. The predicted octanol–water partition coefficient (Wildman–Crippen LogP) is 2.74. The number of esters is 1. The van der Waals surface area contributed by atoms with Crippen molar-refractivity contribution in [2.45, 2.75) is 13.8 Å². The van der Waals surface area contributed by atoms with Crippen molar-refractivity contribution in [2.24, 2.45) is 0 Å². The molecular weight excluding hydrogens is 386 g/mol. The molecule has 0 bridgehead atoms. The summed E-state index contributed by atoms with van der Waals surface area (Å²) in [4.78, 5) is 37.1. The van der Waals surface area contributed by atoms with Crippen LogP contribution in [0, 0.1) is 6.92 Å². The summed E-state index contributed by atoms with van der Waals surface area (Å²) in [5.74, 6) is -1.32. The number of amides is 1. The van der Waals surface area contributed by atoms with Gasteiger partial charge in [-0.05, 0) is 43.7 Å². The van der Waals surface area contributed by atoms with E-state index in [1.54, 1.807) is 43.3 Å². The quantitative estimate of drug-likeness (QED) is 0.605. The largest absolute Gasteiger partial charge is 0.481 e. The number of hydrogen-bond donors (Lipinski definition) is 1. The van der Waals surface area contributed by atoms with Crippen molar-refractivity contribution in [3.63, 3.8) is 0 Å². The minimum absolute atomic E-state index is 0.120. The zero-order valence-corrected chi connectivity index (χ0v) is 16.6. The number of nitrogens with one attached hydrogen (secondary N) is 1. The van der Waals surface area contributed by atoms with E-state index in [9.17, 15) is 14.4 Å². The normalized spacial score (nSPS) is 10.3. The molecule has 0 aliphatic carbocycles. The summed E-state index contributed by atoms with van der Waals surface area (Å²) >= 11 is 0. The van der Waals surface area contributed by atoms with E-state index in [0.717, 1.165) is 16.3 Å². The summed E-state index contributed by atoms with van der Waals surface area (Å²) in [6.07, 6.45) is 0. The minimum atomic E-state index is -0.753. The second-order valence-electron chi connectivity index (χ2n) is 6.37. The summed E-state index contributed by atoms with van der Waals surface area (Å²) < 4.78 is 11.5. The van der Waals surface area contributed by atoms with Crippen molar-refractivity contribution in [3.05, 3.63) is 82.3 Å². The highest BCUT2D eigenvalue weighted by atomic mass is 16.5.